The fourth-order valence-corrected chi connectivity index (χ4v) is 5.25. The average Bonchev–Trinajstić information content (AvgIpc) is 2.66. The number of anilines is 1. The number of rotatable bonds is 1. The van der Waals surface area contributed by atoms with Gasteiger partial charge in [0.2, 0.25) is 0 Å². The molecule has 0 saturated heterocycles. The first kappa shape index (κ1) is 18.9. The Morgan fingerprint density at radius 2 is 1.62 bits per heavy atom. The summed E-state index contributed by atoms with van der Waals surface area (Å²) in [6, 6.07) is 12.1. The molecule has 0 fully saturated rings. The van der Waals surface area contributed by atoms with Crippen molar-refractivity contribution in [2.45, 2.75) is 51.4 Å². The first-order valence-electron chi connectivity index (χ1n) is 10.3. The van der Waals surface area contributed by atoms with Crippen LogP contribution in [0.1, 0.15) is 51.7 Å². The van der Waals surface area contributed by atoms with E-state index in [-0.39, 0.29) is 16.5 Å². The largest absolute Gasteiger partial charge is 0.422 e. The van der Waals surface area contributed by atoms with Gasteiger partial charge < -0.3 is 9.32 Å². The van der Waals surface area contributed by atoms with Crippen molar-refractivity contribution in [2.75, 3.05) is 18.0 Å². The molecule has 0 amide bonds. The third kappa shape index (κ3) is 2.87. The van der Waals surface area contributed by atoms with E-state index in [1.54, 1.807) is 0 Å². The van der Waals surface area contributed by atoms with Crippen molar-refractivity contribution in [2.24, 2.45) is 0 Å². The number of hydrogen-bond acceptors (Lipinski definition) is 3. The Bertz CT molecular complexity index is 1190. The summed E-state index contributed by atoms with van der Waals surface area (Å²) in [5.74, 6) is 0. The quantitative estimate of drug-likeness (QED) is 0.401. The number of hydrogen-bond donors (Lipinski definition) is 0. The summed E-state index contributed by atoms with van der Waals surface area (Å²) in [4.78, 5) is 15.5. The fraction of sp³-hybridized carbons (Fsp3) is 0.400. The maximum Gasteiger partial charge on any atom is 0.344 e. The molecule has 2 aliphatic heterocycles. The van der Waals surface area contributed by atoms with E-state index in [4.69, 9.17) is 4.42 Å². The molecule has 3 aromatic rings. The smallest absolute Gasteiger partial charge is 0.344 e. The van der Waals surface area contributed by atoms with Gasteiger partial charge in [-0.15, -0.1) is 0 Å². The minimum absolute atomic E-state index is 0.0252. The summed E-state index contributed by atoms with van der Waals surface area (Å²) in [7, 11) is 0. The molecule has 0 atom stereocenters. The van der Waals surface area contributed by atoms with Crippen LogP contribution in [0.25, 0.3) is 22.1 Å². The van der Waals surface area contributed by atoms with E-state index in [2.05, 4.69) is 54.6 Å². The molecule has 4 heteroatoms. The highest BCUT2D eigenvalue weighted by atomic mass is 79.9. The van der Waals surface area contributed by atoms with E-state index in [0.29, 0.717) is 5.56 Å². The van der Waals surface area contributed by atoms with Crippen LogP contribution in [0.15, 0.2) is 50.1 Å². The van der Waals surface area contributed by atoms with Crippen molar-refractivity contribution in [1.82, 2.24) is 0 Å². The molecular formula is C25H26BrNO2. The Kier molecular flexibility index (Phi) is 4.05. The minimum Gasteiger partial charge on any atom is -0.422 e. The second kappa shape index (κ2) is 6.21. The molecule has 0 unspecified atom stereocenters. The van der Waals surface area contributed by atoms with Gasteiger partial charge in [-0.25, -0.2) is 4.79 Å². The summed E-state index contributed by atoms with van der Waals surface area (Å²) in [6.07, 6.45) is 2.21. The van der Waals surface area contributed by atoms with Crippen LogP contribution in [-0.4, -0.2) is 13.1 Å². The Morgan fingerprint density at radius 3 is 2.31 bits per heavy atom. The molecule has 0 N–H and O–H groups in total. The average molecular weight is 452 g/mol. The van der Waals surface area contributed by atoms with Gasteiger partial charge in [-0.05, 0) is 59.1 Å². The van der Waals surface area contributed by atoms with Crippen molar-refractivity contribution in [3.8, 4) is 11.1 Å². The SMILES string of the molecule is CC1(C)CCN2CCC(C)(C)c3c2c1cc1cc(-c2ccc(Br)cc2)c(=O)oc31. The molecule has 2 aliphatic rings. The summed E-state index contributed by atoms with van der Waals surface area (Å²) in [5.41, 5.74) is 5.99. The normalized spacial score (nSPS) is 19.3. The number of nitrogens with zero attached hydrogens (tertiary/aromatic N) is 1. The Balaban J connectivity index is 1.86. The fourth-order valence-electron chi connectivity index (χ4n) is 4.98. The third-order valence-electron chi connectivity index (χ3n) is 6.89. The first-order chi connectivity index (χ1) is 13.7. The highest BCUT2D eigenvalue weighted by Crippen LogP contribution is 2.51. The van der Waals surface area contributed by atoms with E-state index in [1.165, 1.54) is 16.8 Å². The van der Waals surface area contributed by atoms with Gasteiger partial charge in [0.15, 0.2) is 0 Å². The highest BCUT2D eigenvalue weighted by Gasteiger charge is 2.41. The van der Waals surface area contributed by atoms with E-state index in [1.807, 2.05) is 30.3 Å². The van der Waals surface area contributed by atoms with Gasteiger partial charge in [-0.3, -0.25) is 0 Å². The van der Waals surface area contributed by atoms with Crippen LogP contribution in [0.4, 0.5) is 5.69 Å². The monoisotopic (exact) mass is 451 g/mol. The zero-order chi connectivity index (χ0) is 20.6. The molecule has 150 valence electrons. The standard InChI is InChI=1S/C25H26BrNO2/c1-24(2)9-11-27-12-10-25(3,4)20-21(27)19(24)14-16-13-18(23(28)29-22(16)20)15-5-7-17(26)8-6-15/h5-8,13-14H,9-12H2,1-4H3. The van der Waals surface area contributed by atoms with Crippen LogP contribution in [0.5, 0.6) is 0 Å². The molecule has 2 aromatic carbocycles. The molecular weight excluding hydrogens is 426 g/mol. The van der Waals surface area contributed by atoms with Crippen molar-refractivity contribution >= 4 is 32.6 Å². The minimum atomic E-state index is -0.265. The number of benzene rings is 2. The van der Waals surface area contributed by atoms with Crippen LogP contribution >= 0.6 is 15.9 Å². The van der Waals surface area contributed by atoms with Crippen LogP contribution in [0.2, 0.25) is 0 Å². The van der Waals surface area contributed by atoms with Crippen LogP contribution in [0.3, 0.4) is 0 Å². The topological polar surface area (TPSA) is 33.5 Å². The molecule has 1 aromatic heterocycles. The van der Waals surface area contributed by atoms with Gasteiger partial charge >= 0.3 is 5.63 Å². The highest BCUT2D eigenvalue weighted by molar-refractivity contribution is 9.10. The van der Waals surface area contributed by atoms with Crippen molar-refractivity contribution in [3.05, 3.63) is 62.4 Å². The van der Waals surface area contributed by atoms with Crippen molar-refractivity contribution in [1.29, 1.82) is 0 Å². The molecule has 0 radical (unpaired) electrons. The molecule has 0 aliphatic carbocycles. The van der Waals surface area contributed by atoms with Gasteiger partial charge in [0.05, 0.1) is 5.56 Å². The predicted octanol–water partition coefficient (Wildman–Crippen LogP) is 6.39. The Labute approximate surface area is 179 Å². The Morgan fingerprint density at radius 1 is 0.966 bits per heavy atom. The summed E-state index contributed by atoms with van der Waals surface area (Å²) in [6.45, 7) is 11.4. The molecule has 0 bridgehead atoms. The van der Waals surface area contributed by atoms with Crippen molar-refractivity contribution < 1.29 is 4.42 Å². The lowest BCUT2D eigenvalue weighted by Crippen LogP contribution is -2.44. The van der Waals surface area contributed by atoms with Gasteiger partial charge in [-0.2, -0.15) is 0 Å². The molecule has 29 heavy (non-hydrogen) atoms. The van der Waals surface area contributed by atoms with Gasteiger partial charge in [0, 0.05) is 34.2 Å². The molecule has 3 nitrogen and oxygen atoms in total. The van der Waals surface area contributed by atoms with E-state index in [0.717, 1.165) is 46.9 Å². The third-order valence-corrected chi connectivity index (χ3v) is 7.41. The summed E-state index contributed by atoms with van der Waals surface area (Å²) in [5, 5.41) is 1.03. The zero-order valence-corrected chi connectivity index (χ0v) is 19.0. The molecule has 0 saturated carbocycles. The molecule has 3 heterocycles. The van der Waals surface area contributed by atoms with Crippen molar-refractivity contribution in [3.63, 3.8) is 0 Å². The lowest BCUT2D eigenvalue weighted by atomic mass is 9.69. The summed E-state index contributed by atoms with van der Waals surface area (Å²) < 4.78 is 7.05. The first-order valence-corrected chi connectivity index (χ1v) is 11.1. The van der Waals surface area contributed by atoms with E-state index < -0.39 is 0 Å². The predicted molar refractivity (Wildman–Crippen MR) is 123 cm³/mol. The number of halogens is 1. The lowest BCUT2D eigenvalue weighted by Gasteiger charge is -2.48. The summed E-state index contributed by atoms with van der Waals surface area (Å²) >= 11 is 3.47. The van der Waals surface area contributed by atoms with Gasteiger partial charge in [0.1, 0.15) is 5.58 Å². The zero-order valence-electron chi connectivity index (χ0n) is 17.4. The van der Waals surface area contributed by atoms with Crippen LogP contribution < -0.4 is 10.5 Å². The lowest BCUT2D eigenvalue weighted by molar-refractivity contribution is 0.398. The Hall–Kier alpha value is -2.07. The molecule has 0 spiro atoms. The number of fused-ring (bicyclic) bond motifs is 2. The van der Waals surface area contributed by atoms with E-state index in [9.17, 15) is 4.79 Å². The van der Waals surface area contributed by atoms with Gasteiger partial charge in [-0.1, -0.05) is 55.8 Å². The van der Waals surface area contributed by atoms with Gasteiger partial charge in [0.25, 0.3) is 0 Å². The second-order valence-corrected chi connectivity index (χ2v) is 10.7. The maximum absolute atomic E-state index is 13.0. The van der Waals surface area contributed by atoms with Crippen LogP contribution in [-0.2, 0) is 10.8 Å². The van der Waals surface area contributed by atoms with Crippen LogP contribution in [0, 0.1) is 0 Å². The second-order valence-electron chi connectivity index (χ2n) is 9.78. The maximum atomic E-state index is 13.0. The molecule has 5 rings (SSSR count). The van der Waals surface area contributed by atoms with E-state index >= 15 is 0 Å².